The standard InChI is InChI=1S/C22H18N4OS2/c27-21-18(29-22(28)25-21)13-14-6-5-7-15(12-14)19-20(26-10-3-4-11-26)24-17-9-2-1-8-16(17)23-19/h1-2,5-9,12-13H,3-4,10-11H2,(H,25,27,28)/b18-13-. The average Bonchev–Trinajstić information content (AvgIpc) is 3.37. The van der Waals surface area contributed by atoms with Crippen LogP contribution in [0, 0.1) is 0 Å². The zero-order valence-corrected chi connectivity index (χ0v) is 17.2. The summed E-state index contributed by atoms with van der Waals surface area (Å²) in [7, 11) is 0. The van der Waals surface area contributed by atoms with Crippen molar-refractivity contribution >= 4 is 57.1 Å². The van der Waals surface area contributed by atoms with Crippen LogP contribution in [0.1, 0.15) is 18.4 Å². The Morgan fingerprint density at radius 3 is 2.52 bits per heavy atom. The van der Waals surface area contributed by atoms with Crippen LogP contribution in [0.2, 0.25) is 0 Å². The van der Waals surface area contributed by atoms with Gasteiger partial charge in [0.2, 0.25) is 0 Å². The summed E-state index contributed by atoms with van der Waals surface area (Å²) < 4.78 is 0.495. The summed E-state index contributed by atoms with van der Waals surface area (Å²) in [6, 6.07) is 16.0. The van der Waals surface area contributed by atoms with Gasteiger partial charge < -0.3 is 10.2 Å². The molecule has 2 aliphatic rings. The van der Waals surface area contributed by atoms with Crippen LogP contribution < -0.4 is 10.2 Å². The largest absolute Gasteiger partial charge is 0.355 e. The van der Waals surface area contributed by atoms with Gasteiger partial charge in [-0.05, 0) is 42.7 Å². The molecule has 0 bridgehead atoms. The van der Waals surface area contributed by atoms with Gasteiger partial charge in [0, 0.05) is 18.7 Å². The number of para-hydroxylation sites is 2. The second-order valence-corrected chi connectivity index (χ2v) is 8.78. The SMILES string of the molecule is O=C1NC(=S)S/C1=C\c1cccc(-c2nc3ccccc3nc2N2CCCC2)c1. The minimum absolute atomic E-state index is 0.145. The van der Waals surface area contributed by atoms with Gasteiger partial charge in [-0.15, -0.1) is 0 Å². The van der Waals surface area contributed by atoms with E-state index >= 15 is 0 Å². The number of nitrogens with zero attached hydrogens (tertiary/aromatic N) is 3. The van der Waals surface area contributed by atoms with Crippen LogP contribution in [0.5, 0.6) is 0 Å². The van der Waals surface area contributed by atoms with E-state index in [2.05, 4.69) is 16.3 Å². The highest BCUT2D eigenvalue weighted by atomic mass is 32.2. The number of hydrogen-bond acceptors (Lipinski definition) is 6. The Kier molecular flexibility index (Phi) is 4.77. The van der Waals surface area contributed by atoms with Crippen LogP contribution in [0.3, 0.4) is 0 Å². The maximum atomic E-state index is 12.0. The Labute approximate surface area is 178 Å². The van der Waals surface area contributed by atoms with Crippen LogP contribution >= 0.6 is 24.0 Å². The molecule has 3 heterocycles. The van der Waals surface area contributed by atoms with Crippen LogP contribution in [0.15, 0.2) is 53.4 Å². The molecular formula is C22H18N4OS2. The first kappa shape index (κ1) is 18.3. The first-order valence-corrected chi connectivity index (χ1v) is 10.8. The molecule has 2 aliphatic heterocycles. The molecule has 5 rings (SSSR count). The normalized spacial score (nSPS) is 18.1. The van der Waals surface area contributed by atoms with E-state index in [1.807, 2.05) is 48.5 Å². The Morgan fingerprint density at radius 1 is 1.03 bits per heavy atom. The molecule has 2 saturated heterocycles. The molecule has 0 unspecified atom stereocenters. The van der Waals surface area contributed by atoms with Gasteiger partial charge in [-0.2, -0.15) is 0 Å². The Hall–Kier alpha value is -2.77. The number of hydrogen-bond donors (Lipinski definition) is 1. The van der Waals surface area contributed by atoms with Crippen LogP contribution in [0.25, 0.3) is 28.4 Å². The maximum Gasteiger partial charge on any atom is 0.263 e. The van der Waals surface area contributed by atoms with Gasteiger partial charge in [0.25, 0.3) is 5.91 Å². The van der Waals surface area contributed by atoms with E-state index in [1.54, 1.807) is 0 Å². The molecule has 1 N–H and O–H groups in total. The summed E-state index contributed by atoms with van der Waals surface area (Å²) in [6.07, 6.45) is 4.21. The molecule has 0 aliphatic carbocycles. The predicted octanol–water partition coefficient (Wildman–Crippen LogP) is 4.39. The third kappa shape index (κ3) is 3.63. The summed E-state index contributed by atoms with van der Waals surface area (Å²) in [5.74, 6) is 0.786. The summed E-state index contributed by atoms with van der Waals surface area (Å²) in [5.41, 5.74) is 4.59. The number of amides is 1. The Balaban J connectivity index is 1.61. The first-order chi connectivity index (χ1) is 14.2. The molecular weight excluding hydrogens is 400 g/mol. The van der Waals surface area contributed by atoms with Crippen molar-refractivity contribution in [2.75, 3.05) is 18.0 Å². The zero-order chi connectivity index (χ0) is 19.8. The summed E-state index contributed by atoms with van der Waals surface area (Å²) in [6.45, 7) is 2.00. The number of fused-ring (bicyclic) bond motifs is 1. The topological polar surface area (TPSA) is 58.1 Å². The molecule has 2 aromatic carbocycles. The second kappa shape index (κ2) is 7.57. The molecule has 144 valence electrons. The van der Waals surface area contributed by atoms with E-state index in [1.165, 1.54) is 24.6 Å². The average molecular weight is 419 g/mol. The van der Waals surface area contributed by atoms with Crippen molar-refractivity contribution in [3.8, 4) is 11.3 Å². The molecule has 0 radical (unpaired) electrons. The van der Waals surface area contributed by atoms with E-state index in [0.29, 0.717) is 9.23 Å². The predicted molar refractivity (Wildman–Crippen MR) is 123 cm³/mol. The number of benzene rings is 2. The number of carbonyl (C=O) groups excluding carboxylic acids is 1. The van der Waals surface area contributed by atoms with E-state index in [0.717, 1.165) is 46.8 Å². The van der Waals surface area contributed by atoms with Crippen molar-refractivity contribution in [1.29, 1.82) is 0 Å². The van der Waals surface area contributed by atoms with Gasteiger partial charge >= 0.3 is 0 Å². The van der Waals surface area contributed by atoms with E-state index in [4.69, 9.17) is 22.2 Å². The fourth-order valence-electron chi connectivity index (χ4n) is 3.68. The van der Waals surface area contributed by atoms with Crippen molar-refractivity contribution in [1.82, 2.24) is 15.3 Å². The quantitative estimate of drug-likeness (QED) is 0.503. The van der Waals surface area contributed by atoms with Gasteiger partial charge in [-0.1, -0.05) is 54.3 Å². The summed E-state index contributed by atoms with van der Waals surface area (Å²) in [5, 5.41) is 2.66. The Bertz CT molecular complexity index is 1170. The molecule has 0 spiro atoms. The van der Waals surface area contributed by atoms with Crippen molar-refractivity contribution in [3.05, 3.63) is 59.0 Å². The van der Waals surface area contributed by atoms with Crippen LogP contribution in [0.4, 0.5) is 5.82 Å². The molecule has 1 amide bonds. The highest BCUT2D eigenvalue weighted by molar-refractivity contribution is 8.26. The number of anilines is 1. The third-order valence-electron chi connectivity index (χ3n) is 5.06. The number of aromatic nitrogens is 2. The van der Waals surface area contributed by atoms with Crippen molar-refractivity contribution < 1.29 is 4.79 Å². The second-order valence-electron chi connectivity index (χ2n) is 7.06. The number of thiocarbonyl (C=S) groups is 1. The molecule has 5 nitrogen and oxygen atoms in total. The lowest BCUT2D eigenvalue weighted by atomic mass is 10.1. The highest BCUT2D eigenvalue weighted by Gasteiger charge is 2.23. The lowest BCUT2D eigenvalue weighted by Crippen LogP contribution is -2.20. The molecule has 1 aromatic heterocycles. The maximum absolute atomic E-state index is 12.0. The van der Waals surface area contributed by atoms with Gasteiger partial charge in [0.1, 0.15) is 10.0 Å². The fraction of sp³-hybridized carbons (Fsp3) is 0.182. The number of nitrogens with one attached hydrogen (secondary N) is 1. The number of carbonyl (C=O) groups is 1. The van der Waals surface area contributed by atoms with Gasteiger partial charge in [0.15, 0.2) is 5.82 Å². The third-order valence-corrected chi connectivity index (χ3v) is 6.22. The zero-order valence-electron chi connectivity index (χ0n) is 15.6. The van der Waals surface area contributed by atoms with Crippen molar-refractivity contribution in [3.63, 3.8) is 0 Å². The first-order valence-electron chi connectivity index (χ1n) is 9.54. The minimum Gasteiger partial charge on any atom is -0.355 e. The highest BCUT2D eigenvalue weighted by Crippen LogP contribution is 2.33. The van der Waals surface area contributed by atoms with Gasteiger partial charge in [-0.3, -0.25) is 4.79 Å². The van der Waals surface area contributed by atoms with Crippen molar-refractivity contribution in [2.45, 2.75) is 12.8 Å². The monoisotopic (exact) mass is 418 g/mol. The van der Waals surface area contributed by atoms with Crippen molar-refractivity contribution in [2.24, 2.45) is 0 Å². The lowest BCUT2D eigenvalue weighted by molar-refractivity contribution is -0.115. The molecule has 2 fully saturated rings. The fourth-order valence-corrected chi connectivity index (χ4v) is 4.73. The molecule has 3 aromatic rings. The number of thioether (sulfide) groups is 1. The summed E-state index contributed by atoms with van der Waals surface area (Å²) >= 11 is 6.37. The van der Waals surface area contributed by atoms with Gasteiger partial charge in [-0.25, -0.2) is 9.97 Å². The molecule has 0 saturated carbocycles. The Morgan fingerprint density at radius 2 is 1.79 bits per heavy atom. The lowest BCUT2D eigenvalue weighted by Gasteiger charge is -2.20. The van der Waals surface area contributed by atoms with E-state index in [-0.39, 0.29) is 5.91 Å². The van der Waals surface area contributed by atoms with E-state index in [9.17, 15) is 4.79 Å². The number of rotatable bonds is 3. The van der Waals surface area contributed by atoms with Gasteiger partial charge in [0.05, 0.1) is 15.9 Å². The smallest absolute Gasteiger partial charge is 0.263 e. The van der Waals surface area contributed by atoms with E-state index < -0.39 is 0 Å². The summed E-state index contributed by atoms with van der Waals surface area (Å²) in [4.78, 5) is 24.8. The van der Waals surface area contributed by atoms with Crippen LogP contribution in [-0.2, 0) is 4.79 Å². The van der Waals surface area contributed by atoms with Crippen LogP contribution in [-0.4, -0.2) is 33.3 Å². The minimum atomic E-state index is -0.145. The molecule has 29 heavy (non-hydrogen) atoms. The molecule has 7 heteroatoms. The molecule has 0 atom stereocenters.